The lowest BCUT2D eigenvalue weighted by Crippen LogP contribution is -2.62. The third-order valence-corrected chi connectivity index (χ3v) is 7.01. The molecule has 12 heteroatoms. The lowest BCUT2D eigenvalue weighted by Gasteiger charge is -2.47. The molecule has 0 bridgehead atoms. The Labute approximate surface area is 220 Å². The van der Waals surface area contributed by atoms with Crippen molar-refractivity contribution in [2.45, 2.75) is 56.2 Å². The van der Waals surface area contributed by atoms with Crippen molar-refractivity contribution in [2.75, 3.05) is 13.2 Å². The van der Waals surface area contributed by atoms with E-state index in [1.54, 1.807) is 0 Å². The molecule has 2 heterocycles. The molecule has 4 rings (SSSR count). The van der Waals surface area contributed by atoms with Gasteiger partial charge in [0.05, 0.1) is 35.6 Å². The number of nitrogens with one attached hydrogen (secondary N) is 2. The van der Waals surface area contributed by atoms with Gasteiger partial charge in [0.15, 0.2) is 12.2 Å². The maximum absolute atomic E-state index is 13.4. The fourth-order valence-electron chi connectivity index (χ4n) is 4.88. The number of halogens is 6. The first-order valence-corrected chi connectivity index (χ1v) is 12.1. The molecule has 0 spiro atoms. The molecule has 2 aromatic carbocycles. The molecule has 1 aliphatic rings. The average molecular weight is 556 g/mol. The number of ether oxygens (including phenoxy) is 1. The van der Waals surface area contributed by atoms with Crippen molar-refractivity contribution in [3.8, 4) is 0 Å². The van der Waals surface area contributed by atoms with Crippen LogP contribution in [0.25, 0.3) is 0 Å². The van der Waals surface area contributed by atoms with Gasteiger partial charge < -0.3 is 19.8 Å². The van der Waals surface area contributed by atoms with Gasteiger partial charge in [-0.25, -0.2) is 4.98 Å². The number of rotatable bonds is 7. The molecule has 6 nitrogen and oxygen atoms in total. The summed E-state index contributed by atoms with van der Waals surface area (Å²) in [5.41, 5.74) is -4.00. The second-order valence-electron chi connectivity index (χ2n) is 9.72. The number of alkyl halides is 6. The van der Waals surface area contributed by atoms with E-state index < -0.39 is 40.7 Å². The Balaban J connectivity index is 1.62. The summed E-state index contributed by atoms with van der Waals surface area (Å²) in [6, 6.07) is 10.6. The molecule has 0 saturated carbocycles. The van der Waals surface area contributed by atoms with Gasteiger partial charge in [0.1, 0.15) is 5.54 Å². The maximum atomic E-state index is 13.4. The van der Waals surface area contributed by atoms with Gasteiger partial charge in [-0.3, -0.25) is 4.79 Å². The summed E-state index contributed by atoms with van der Waals surface area (Å²) >= 11 is 0. The molecular formula is C27H27F6N3O3. The molecule has 1 fully saturated rings. The van der Waals surface area contributed by atoms with E-state index in [0.29, 0.717) is 30.7 Å². The molecule has 3 aromatic rings. The number of carbonyl (C=O) groups is 1. The van der Waals surface area contributed by atoms with Crippen LogP contribution < -0.4 is 10.6 Å². The van der Waals surface area contributed by atoms with Crippen LogP contribution in [0.4, 0.5) is 26.3 Å². The van der Waals surface area contributed by atoms with Crippen molar-refractivity contribution in [1.82, 2.24) is 15.6 Å². The third-order valence-electron chi connectivity index (χ3n) is 7.01. The van der Waals surface area contributed by atoms with Gasteiger partial charge in [-0.15, -0.1) is 0 Å². The zero-order valence-corrected chi connectivity index (χ0v) is 21.1. The quantitative estimate of drug-likeness (QED) is 0.345. The smallest absolute Gasteiger partial charge is 0.416 e. The fraction of sp³-hybridized carbons (Fsp3) is 0.407. The van der Waals surface area contributed by atoms with E-state index in [2.05, 4.69) is 15.6 Å². The normalized spacial score (nSPS) is 22.9. The molecule has 0 unspecified atom stereocenters. The van der Waals surface area contributed by atoms with Crippen LogP contribution in [0, 0.1) is 0 Å². The zero-order valence-electron chi connectivity index (χ0n) is 21.1. The van der Waals surface area contributed by atoms with Crippen LogP contribution in [-0.2, 0) is 33.0 Å². The van der Waals surface area contributed by atoms with Crippen LogP contribution >= 0.6 is 0 Å². The molecule has 3 atom stereocenters. The molecule has 210 valence electrons. The first kappa shape index (κ1) is 28.6. The summed E-state index contributed by atoms with van der Waals surface area (Å²) in [5.74, 6) is 0.167. The van der Waals surface area contributed by atoms with Crippen LogP contribution in [0.3, 0.4) is 0 Å². The van der Waals surface area contributed by atoms with Gasteiger partial charge in [-0.1, -0.05) is 30.3 Å². The van der Waals surface area contributed by atoms with E-state index in [4.69, 9.17) is 9.15 Å². The Morgan fingerprint density at radius 3 is 2.21 bits per heavy atom. The van der Waals surface area contributed by atoms with E-state index in [1.807, 2.05) is 30.3 Å². The molecule has 1 aliphatic heterocycles. The van der Waals surface area contributed by atoms with Crippen molar-refractivity contribution in [1.29, 1.82) is 0 Å². The van der Waals surface area contributed by atoms with Crippen molar-refractivity contribution in [3.05, 3.63) is 89.1 Å². The predicted octanol–water partition coefficient (Wildman–Crippen LogP) is 6.10. The Bertz CT molecular complexity index is 1240. The number of carbonyl (C=O) groups excluding carboxylic acids is 1. The topological polar surface area (TPSA) is 76.4 Å². The minimum absolute atomic E-state index is 0.0671. The number of hydrogen-bond donors (Lipinski definition) is 2. The summed E-state index contributed by atoms with van der Waals surface area (Å²) < 4.78 is 91.8. The lowest BCUT2D eigenvalue weighted by molar-refractivity contribution is -0.143. The highest BCUT2D eigenvalue weighted by Crippen LogP contribution is 2.41. The Morgan fingerprint density at radius 1 is 1.08 bits per heavy atom. The van der Waals surface area contributed by atoms with Gasteiger partial charge in [0.25, 0.3) is 0 Å². The average Bonchev–Trinajstić information content (AvgIpc) is 3.43. The van der Waals surface area contributed by atoms with Gasteiger partial charge in [0.2, 0.25) is 5.91 Å². The number of aromatic nitrogens is 1. The minimum Gasteiger partial charge on any atom is -0.446 e. The SMILES string of the molecule is CC(=O)N[C@@]1(c2cnco2)CC[C@@](CO[C@H](C)c2cc(C(F)(F)F)cc(C(F)(F)F)c2)(c2ccccc2)NC1. The van der Waals surface area contributed by atoms with Gasteiger partial charge in [-0.2, -0.15) is 26.3 Å². The number of hydrogen-bond acceptors (Lipinski definition) is 5. The summed E-state index contributed by atoms with van der Waals surface area (Å²) in [5, 5.41) is 6.35. The van der Waals surface area contributed by atoms with Gasteiger partial charge in [-0.05, 0) is 49.1 Å². The number of amides is 1. The van der Waals surface area contributed by atoms with Crippen LogP contribution in [-0.4, -0.2) is 24.0 Å². The molecule has 39 heavy (non-hydrogen) atoms. The van der Waals surface area contributed by atoms with E-state index in [-0.39, 0.29) is 30.7 Å². The van der Waals surface area contributed by atoms with Crippen LogP contribution in [0.5, 0.6) is 0 Å². The van der Waals surface area contributed by atoms with Gasteiger partial charge in [0, 0.05) is 13.5 Å². The van der Waals surface area contributed by atoms with E-state index in [1.165, 1.54) is 26.4 Å². The summed E-state index contributed by atoms with van der Waals surface area (Å²) in [7, 11) is 0. The highest BCUT2D eigenvalue weighted by atomic mass is 19.4. The maximum Gasteiger partial charge on any atom is 0.416 e. The van der Waals surface area contributed by atoms with Crippen molar-refractivity contribution in [3.63, 3.8) is 0 Å². The van der Waals surface area contributed by atoms with E-state index >= 15 is 0 Å². The van der Waals surface area contributed by atoms with E-state index in [9.17, 15) is 31.1 Å². The summed E-state index contributed by atoms with van der Waals surface area (Å²) in [4.78, 5) is 16.0. The van der Waals surface area contributed by atoms with Crippen LogP contribution in [0.1, 0.15) is 60.8 Å². The van der Waals surface area contributed by atoms with Crippen LogP contribution in [0.2, 0.25) is 0 Å². The first-order chi connectivity index (χ1) is 18.2. The summed E-state index contributed by atoms with van der Waals surface area (Å²) in [6.45, 7) is 2.93. The largest absolute Gasteiger partial charge is 0.446 e. The number of piperidine rings is 1. The van der Waals surface area contributed by atoms with E-state index in [0.717, 1.165) is 5.56 Å². The number of benzene rings is 2. The number of oxazole rings is 1. The lowest BCUT2D eigenvalue weighted by atomic mass is 9.75. The first-order valence-electron chi connectivity index (χ1n) is 12.1. The Kier molecular flexibility index (Phi) is 7.82. The van der Waals surface area contributed by atoms with Crippen molar-refractivity contribution < 1.29 is 40.3 Å². The van der Waals surface area contributed by atoms with Crippen molar-refractivity contribution in [2.24, 2.45) is 0 Å². The monoisotopic (exact) mass is 555 g/mol. The second-order valence-corrected chi connectivity index (χ2v) is 9.72. The molecule has 1 saturated heterocycles. The molecule has 1 amide bonds. The fourth-order valence-corrected chi connectivity index (χ4v) is 4.88. The zero-order chi connectivity index (χ0) is 28.5. The molecular weight excluding hydrogens is 528 g/mol. The number of nitrogens with zero attached hydrogens (tertiary/aromatic N) is 1. The molecule has 0 radical (unpaired) electrons. The van der Waals surface area contributed by atoms with Crippen LogP contribution in [0.15, 0.2) is 65.5 Å². The predicted molar refractivity (Wildman–Crippen MR) is 128 cm³/mol. The molecule has 0 aliphatic carbocycles. The van der Waals surface area contributed by atoms with Crippen molar-refractivity contribution >= 4 is 5.91 Å². The summed E-state index contributed by atoms with van der Waals surface area (Å²) in [6.07, 6.45) is -7.46. The highest BCUT2D eigenvalue weighted by molar-refractivity contribution is 5.74. The molecule has 2 N–H and O–H groups in total. The standard InChI is InChI=1S/C27H27F6N3O3/c1-17(19-10-21(26(28,29)30)12-22(11-19)27(31,32)33)38-15-25(20-6-4-3-5-7-20)9-8-24(14-35-25,36-18(2)37)23-13-34-16-39-23/h3-7,10-13,16-17,35H,8-9,14-15H2,1-2H3,(H,36,37)/t17-,24+,25-/m1/s1. The third kappa shape index (κ3) is 6.27. The highest BCUT2D eigenvalue weighted by Gasteiger charge is 2.47. The van der Waals surface area contributed by atoms with Gasteiger partial charge >= 0.3 is 12.4 Å². The Morgan fingerprint density at radius 2 is 1.72 bits per heavy atom. The Hall–Kier alpha value is -3.38. The second kappa shape index (κ2) is 10.6. The minimum atomic E-state index is -4.96. The molecule has 1 aromatic heterocycles.